The van der Waals surface area contributed by atoms with E-state index in [1.54, 1.807) is 0 Å². The number of nitrogens with one attached hydrogen (secondary N) is 1. The van der Waals surface area contributed by atoms with Gasteiger partial charge in [-0.25, -0.2) is 0 Å². The minimum atomic E-state index is -5.30. The van der Waals surface area contributed by atoms with Gasteiger partial charge in [0.15, 0.2) is 0 Å². The molecule has 0 radical (unpaired) electrons. The zero-order valence-corrected chi connectivity index (χ0v) is 8.66. The van der Waals surface area contributed by atoms with Gasteiger partial charge in [0, 0.05) is 0 Å². The second-order valence-electron chi connectivity index (χ2n) is 2.62. The Morgan fingerprint density at radius 1 is 1.38 bits per heavy atom. The number of rotatable bonds is 5. The summed E-state index contributed by atoms with van der Waals surface area (Å²) in [5.74, 6) is -1.92. The standard InChI is InChI=1S/C5H10F4NO5P/c6-3(5(7,8)9)4(11)10-1-2-15-16(12,13)14/h3,12-14,16H,1-2H2,(H,10,11). The number of hydrogen-bond acceptors (Lipinski definition) is 5. The van der Waals surface area contributed by atoms with Gasteiger partial charge in [0.2, 0.25) is 0 Å². The van der Waals surface area contributed by atoms with Crippen molar-refractivity contribution in [3.63, 3.8) is 0 Å². The molecule has 4 N–H and O–H groups in total. The predicted octanol–water partition coefficient (Wildman–Crippen LogP) is -0.594. The maximum absolute atomic E-state index is 12.2. The van der Waals surface area contributed by atoms with Crippen molar-refractivity contribution in [1.82, 2.24) is 5.32 Å². The summed E-state index contributed by atoms with van der Waals surface area (Å²) in [5, 5.41) is 1.49. The van der Waals surface area contributed by atoms with Crippen LogP contribution in [0.5, 0.6) is 0 Å². The topological polar surface area (TPSA) is 99.0 Å². The molecule has 1 unspecified atom stereocenters. The van der Waals surface area contributed by atoms with Gasteiger partial charge < -0.3 is 0 Å². The van der Waals surface area contributed by atoms with E-state index in [1.165, 1.54) is 5.32 Å². The summed E-state index contributed by atoms with van der Waals surface area (Å²) in [5.41, 5.74) is 0. The van der Waals surface area contributed by atoms with Crippen LogP contribution in [-0.2, 0) is 9.32 Å². The Labute approximate surface area is 87.5 Å². The third-order valence-electron chi connectivity index (χ3n) is 1.21. The molecule has 0 saturated carbocycles. The molecule has 0 aromatic rings. The molecule has 0 aromatic carbocycles. The van der Waals surface area contributed by atoms with Crippen LogP contribution in [0.1, 0.15) is 0 Å². The molecule has 0 spiro atoms. The van der Waals surface area contributed by atoms with Crippen LogP contribution in [0.3, 0.4) is 0 Å². The first kappa shape index (κ1) is 15.5. The molecule has 0 aliphatic heterocycles. The van der Waals surface area contributed by atoms with Crippen molar-refractivity contribution in [2.24, 2.45) is 0 Å². The van der Waals surface area contributed by atoms with E-state index in [0.717, 1.165) is 0 Å². The van der Waals surface area contributed by atoms with E-state index in [9.17, 15) is 22.4 Å². The molecule has 0 rings (SSSR count). The minimum absolute atomic E-state index is 0.605. The van der Waals surface area contributed by atoms with Gasteiger partial charge in [-0.2, -0.15) is 0 Å². The third kappa shape index (κ3) is 6.85. The van der Waals surface area contributed by atoms with Crippen LogP contribution in [0.25, 0.3) is 0 Å². The summed E-state index contributed by atoms with van der Waals surface area (Å²) in [6.45, 7) is -1.27. The molecule has 6 nitrogen and oxygen atoms in total. The van der Waals surface area contributed by atoms with Crippen LogP contribution < -0.4 is 5.32 Å². The van der Waals surface area contributed by atoms with E-state index in [2.05, 4.69) is 4.52 Å². The Balaban J connectivity index is 3.83. The first-order chi connectivity index (χ1) is 7.04. The van der Waals surface area contributed by atoms with Crippen molar-refractivity contribution >= 4 is 14.1 Å². The van der Waals surface area contributed by atoms with E-state index < -0.39 is 39.6 Å². The van der Waals surface area contributed by atoms with Crippen molar-refractivity contribution < 1.29 is 41.6 Å². The van der Waals surface area contributed by atoms with Crippen LogP contribution in [-0.4, -0.2) is 46.1 Å². The number of carbonyl (C=O) groups excluding carboxylic acids is 1. The average molecular weight is 271 g/mol. The molecule has 0 saturated heterocycles. The monoisotopic (exact) mass is 271 g/mol. The number of amides is 1. The van der Waals surface area contributed by atoms with Gasteiger partial charge in [-0.05, 0) is 0 Å². The normalized spacial score (nSPS) is 15.7. The van der Waals surface area contributed by atoms with Crippen LogP contribution in [0, 0.1) is 0 Å². The fraction of sp³-hybridized carbons (Fsp3) is 0.800. The van der Waals surface area contributed by atoms with E-state index in [-0.39, 0.29) is 0 Å². The molecule has 0 heterocycles. The number of carbonyl (C=O) groups is 1. The quantitative estimate of drug-likeness (QED) is 0.304. The average Bonchev–Trinajstić information content (AvgIpc) is 2.07. The van der Waals surface area contributed by atoms with Gasteiger partial charge in [0.25, 0.3) is 0 Å². The summed E-state index contributed by atoms with van der Waals surface area (Å²) in [7, 11) is -4.76. The zero-order valence-electron chi connectivity index (χ0n) is 7.66. The molecule has 0 aliphatic carbocycles. The zero-order chi connectivity index (χ0) is 13.0. The Morgan fingerprint density at radius 3 is 2.25 bits per heavy atom. The van der Waals surface area contributed by atoms with Crippen molar-refractivity contribution in [3.8, 4) is 0 Å². The molecule has 0 bridgehead atoms. The van der Waals surface area contributed by atoms with Gasteiger partial charge in [0.1, 0.15) is 0 Å². The number of alkyl halides is 4. The summed E-state index contributed by atoms with van der Waals surface area (Å²) in [6.07, 6.45) is -8.96. The summed E-state index contributed by atoms with van der Waals surface area (Å²) >= 11 is 0. The molecule has 98 valence electrons. The molecule has 1 amide bonds. The van der Waals surface area contributed by atoms with Gasteiger partial charge in [-0.3, -0.25) is 0 Å². The summed E-state index contributed by atoms with van der Waals surface area (Å²) in [4.78, 5) is 35.3. The van der Waals surface area contributed by atoms with E-state index in [4.69, 9.17) is 14.7 Å². The van der Waals surface area contributed by atoms with E-state index >= 15 is 0 Å². The molecule has 16 heavy (non-hydrogen) atoms. The van der Waals surface area contributed by atoms with E-state index in [0.29, 0.717) is 0 Å². The maximum atomic E-state index is 12.2. The second kappa shape index (κ2) is 5.69. The molecule has 0 fully saturated rings. The number of halogens is 4. The Kier molecular flexibility index (Phi) is 5.50. The molecule has 0 aliphatic rings. The van der Waals surface area contributed by atoms with Gasteiger partial charge in [-0.15, -0.1) is 0 Å². The molecular formula is C5H10F4NO5P. The van der Waals surface area contributed by atoms with Gasteiger partial charge in [-0.1, -0.05) is 0 Å². The fourth-order valence-corrected chi connectivity index (χ4v) is 0.976. The van der Waals surface area contributed by atoms with E-state index in [1.807, 2.05) is 0 Å². The van der Waals surface area contributed by atoms with Crippen molar-refractivity contribution in [2.75, 3.05) is 13.2 Å². The van der Waals surface area contributed by atoms with Crippen molar-refractivity contribution in [3.05, 3.63) is 0 Å². The first-order valence-corrected chi connectivity index (χ1v) is 5.58. The molecule has 11 heteroatoms. The predicted molar refractivity (Wildman–Crippen MR) is 44.9 cm³/mol. The van der Waals surface area contributed by atoms with Crippen LogP contribution in [0.4, 0.5) is 17.6 Å². The molecular weight excluding hydrogens is 261 g/mol. The number of hydrogen-bond donors (Lipinski definition) is 4. The van der Waals surface area contributed by atoms with Crippen molar-refractivity contribution in [2.45, 2.75) is 12.3 Å². The first-order valence-electron chi connectivity index (χ1n) is 3.83. The van der Waals surface area contributed by atoms with Crippen LogP contribution in [0.2, 0.25) is 0 Å². The second-order valence-corrected chi connectivity index (χ2v) is 4.05. The Morgan fingerprint density at radius 2 is 1.88 bits per heavy atom. The Hall–Kier alpha value is -0.540. The van der Waals surface area contributed by atoms with Crippen LogP contribution >= 0.6 is 8.17 Å². The summed E-state index contributed by atoms with van der Waals surface area (Å²) in [6, 6.07) is 0. The Bertz CT molecular complexity index is 242. The van der Waals surface area contributed by atoms with Crippen molar-refractivity contribution in [1.29, 1.82) is 0 Å². The van der Waals surface area contributed by atoms with Crippen LogP contribution in [0.15, 0.2) is 0 Å². The van der Waals surface area contributed by atoms with Gasteiger partial charge in [0.05, 0.1) is 0 Å². The fourth-order valence-electron chi connectivity index (χ4n) is 0.600. The van der Waals surface area contributed by atoms with Gasteiger partial charge >= 0.3 is 86.5 Å². The SMILES string of the molecule is O=C(NCCO[PH](O)(O)O)C(F)C(F)(F)F. The third-order valence-corrected chi connectivity index (χ3v) is 1.81. The molecule has 0 aromatic heterocycles. The molecule has 1 atom stereocenters. The summed E-state index contributed by atoms with van der Waals surface area (Å²) < 4.78 is 51.0.